The summed E-state index contributed by atoms with van der Waals surface area (Å²) < 4.78 is 22.1. The highest BCUT2D eigenvalue weighted by Gasteiger charge is 2.48. The molecule has 1 spiro atoms. The molecule has 1 aliphatic heterocycles. The minimum Gasteiger partial charge on any atom is -0.591 e. The summed E-state index contributed by atoms with van der Waals surface area (Å²) >= 11 is -1.39. The maximum atomic E-state index is 12.7. The predicted octanol–water partition coefficient (Wildman–Crippen LogP) is 2.66. The van der Waals surface area contributed by atoms with Crippen molar-refractivity contribution in [2.45, 2.75) is 44.8 Å². The fraction of sp³-hybridized carbons (Fsp3) is 0.611. The zero-order valence-corrected chi connectivity index (χ0v) is 16.4. The maximum absolute atomic E-state index is 12.7. The zero-order valence-electron chi connectivity index (χ0n) is 15.6. The van der Waals surface area contributed by atoms with Gasteiger partial charge in [-0.05, 0) is 39.7 Å². The van der Waals surface area contributed by atoms with Crippen LogP contribution in [0.15, 0.2) is 16.5 Å². The number of hydrogen-bond acceptors (Lipinski definition) is 5. The van der Waals surface area contributed by atoms with Gasteiger partial charge in [0.2, 0.25) is 5.88 Å². The van der Waals surface area contributed by atoms with E-state index in [0.29, 0.717) is 38.2 Å². The summed E-state index contributed by atoms with van der Waals surface area (Å²) in [6.45, 7) is 6.59. The van der Waals surface area contributed by atoms with Gasteiger partial charge in [-0.1, -0.05) is 4.40 Å². The number of hydrogen-bond donors (Lipinski definition) is 1. The van der Waals surface area contributed by atoms with Crippen LogP contribution in [0.4, 0.5) is 4.79 Å². The Morgan fingerprint density at radius 3 is 2.58 bits per heavy atom. The average Bonchev–Trinajstić information content (AvgIpc) is 2.86. The Hall–Kier alpha value is -1.80. The van der Waals surface area contributed by atoms with Gasteiger partial charge in [-0.25, -0.2) is 9.78 Å². The second kappa shape index (κ2) is 6.74. The van der Waals surface area contributed by atoms with Gasteiger partial charge in [-0.3, -0.25) is 0 Å². The standard InChI is InChI=1S/C18H25N3O4S/c1-17(2,3)26(24)20-15-12-5-6-14(25-4)19-13(12)11-18(15)7-9-21(10-8-18)16(22)23/h5-6H,7-11H2,1-4H3,(H,22,23). The molecule has 1 aromatic rings. The van der Waals surface area contributed by atoms with E-state index in [4.69, 9.17) is 4.74 Å². The number of aromatic nitrogens is 1. The van der Waals surface area contributed by atoms with E-state index < -0.39 is 22.2 Å². The molecular formula is C18H25N3O4S. The van der Waals surface area contributed by atoms with Crippen LogP contribution in [0.1, 0.15) is 44.9 Å². The Kier molecular flexibility index (Phi) is 4.92. The number of pyridine rings is 1. The highest BCUT2D eigenvalue weighted by atomic mass is 32.2. The number of nitrogens with zero attached hydrogens (tertiary/aromatic N) is 3. The molecule has 1 N–H and O–H groups in total. The Morgan fingerprint density at radius 2 is 2.04 bits per heavy atom. The van der Waals surface area contributed by atoms with Crippen LogP contribution in [0.3, 0.4) is 0 Å². The Bertz CT molecular complexity index is 736. The van der Waals surface area contributed by atoms with E-state index in [2.05, 4.69) is 9.38 Å². The fourth-order valence-corrected chi connectivity index (χ4v) is 4.27. The van der Waals surface area contributed by atoms with Crippen molar-refractivity contribution in [3.63, 3.8) is 0 Å². The number of likely N-dealkylation sites (tertiary alicyclic amines) is 1. The molecule has 0 aromatic carbocycles. The molecule has 0 radical (unpaired) electrons. The second-order valence-electron chi connectivity index (χ2n) is 7.88. The van der Waals surface area contributed by atoms with E-state index in [0.717, 1.165) is 17.0 Å². The summed E-state index contributed by atoms with van der Waals surface area (Å²) in [5.41, 5.74) is 2.29. The van der Waals surface area contributed by atoms with Crippen LogP contribution < -0.4 is 4.74 Å². The molecule has 142 valence electrons. The molecular weight excluding hydrogens is 354 g/mol. The number of carboxylic acid groups (broad SMARTS) is 1. The highest BCUT2D eigenvalue weighted by Crippen LogP contribution is 2.45. The summed E-state index contributed by atoms with van der Waals surface area (Å²) in [5, 5.41) is 9.25. The Balaban J connectivity index is 2.01. The molecule has 2 heterocycles. The number of rotatable bonds is 2. The fourth-order valence-electron chi connectivity index (χ4n) is 3.54. The maximum Gasteiger partial charge on any atom is 0.407 e. The molecule has 1 amide bonds. The van der Waals surface area contributed by atoms with Crippen molar-refractivity contribution in [2.24, 2.45) is 9.81 Å². The summed E-state index contributed by atoms with van der Waals surface area (Å²) in [5.74, 6) is 0.542. The summed E-state index contributed by atoms with van der Waals surface area (Å²) in [6.07, 6.45) is 1.08. The van der Waals surface area contributed by atoms with Crippen molar-refractivity contribution in [1.29, 1.82) is 0 Å². The molecule has 3 rings (SSSR count). The lowest BCUT2D eigenvalue weighted by Crippen LogP contribution is -2.45. The number of amides is 1. The Labute approximate surface area is 156 Å². The van der Waals surface area contributed by atoms with Gasteiger partial charge in [0.25, 0.3) is 0 Å². The lowest BCUT2D eigenvalue weighted by atomic mass is 9.75. The van der Waals surface area contributed by atoms with Crippen LogP contribution >= 0.6 is 0 Å². The van der Waals surface area contributed by atoms with Crippen LogP contribution in [0, 0.1) is 5.41 Å². The normalized spacial score (nSPS) is 21.7. The summed E-state index contributed by atoms with van der Waals surface area (Å²) in [6, 6.07) is 3.72. The van der Waals surface area contributed by atoms with E-state index in [1.807, 2.05) is 26.8 Å². The number of carbonyl (C=O) groups is 1. The first kappa shape index (κ1) is 19.0. The Morgan fingerprint density at radius 1 is 1.38 bits per heavy atom. The molecule has 26 heavy (non-hydrogen) atoms. The number of ether oxygens (including phenoxy) is 1. The van der Waals surface area contributed by atoms with E-state index >= 15 is 0 Å². The van der Waals surface area contributed by atoms with E-state index in [1.165, 1.54) is 4.90 Å². The first-order valence-electron chi connectivity index (χ1n) is 8.70. The van der Waals surface area contributed by atoms with Gasteiger partial charge < -0.3 is 19.3 Å². The van der Waals surface area contributed by atoms with Crippen molar-refractivity contribution in [3.8, 4) is 5.88 Å². The van der Waals surface area contributed by atoms with Crippen LogP contribution in [0.2, 0.25) is 0 Å². The van der Waals surface area contributed by atoms with Crippen molar-refractivity contribution in [3.05, 3.63) is 23.4 Å². The van der Waals surface area contributed by atoms with Gasteiger partial charge in [-0.15, -0.1) is 0 Å². The highest BCUT2D eigenvalue weighted by molar-refractivity contribution is 7.91. The largest absolute Gasteiger partial charge is 0.591 e. The van der Waals surface area contributed by atoms with Crippen molar-refractivity contribution in [2.75, 3.05) is 20.2 Å². The van der Waals surface area contributed by atoms with E-state index in [1.54, 1.807) is 13.2 Å². The van der Waals surface area contributed by atoms with Crippen molar-refractivity contribution < 1.29 is 19.2 Å². The molecule has 1 saturated heterocycles. The van der Waals surface area contributed by atoms with Crippen LogP contribution in [-0.2, 0) is 17.8 Å². The molecule has 1 fully saturated rings. The van der Waals surface area contributed by atoms with Gasteiger partial charge in [0.05, 0.1) is 12.8 Å². The average molecular weight is 379 g/mol. The SMILES string of the molecule is COc1ccc2c(n1)CC1(CCN(C(=O)O)CC1)C2=N[S+]([O-])C(C)(C)C. The van der Waals surface area contributed by atoms with Crippen LogP contribution in [0.25, 0.3) is 0 Å². The molecule has 0 saturated carbocycles. The minimum atomic E-state index is -1.39. The first-order valence-corrected chi connectivity index (χ1v) is 9.80. The van der Waals surface area contributed by atoms with Gasteiger partial charge >= 0.3 is 6.09 Å². The number of fused-ring (bicyclic) bond motifs is 1. The quantitative estimate of drug-likeness (QED) is 0.797. The number of piperidine rings is 1. The third kappa shape index (κ3) is 3.40. The topological polar surface area (TPSA) is 98.1 Å². The monoisotopic (exact) mass is 379 g/mol. The summed E-state index contributed by atoms with van der Waals surface area (Å²) in [7, 11) is 1.58. The molecule has 2 aliphatic rings. The molecule has 0 bridgehead atoms. The number of methoxy groups -OCH3 is 1. The molecule has 1 atom stereocenters. The predicted molar refractivity (Wildman–Crippen MR) is 100 cm³/mol. The van der Waals surface area contributed by atoms with E-state index in [9.17, 15) is 14.5 Å². The molecule has 1 aromatic heterocycles. The first-order chi connectivity index (χ1) is 12.2. The van der Waals surface area contributed by atoms with Crippen LogP contribution in [-0.4, -0.2) is 56.3 Å². The van der Waals surface area contributed by atoms with Gasteiger partial charge in [0.15, 0.2) is 0 Å². The molecule has 1 unspecified atom stereocenters. The lowest BCUT2D eigenvalue weighted by molar-refractivity contribution is 0.114. The third-order valence-corrected chi connectivity index (χ3v) is 6.51. The molecule has 1 aliphatic carbocycles. The molecule has 8 heteroatoms. The van der Waals surface area contributed by atoms with E-state index in [-0.39, 0.29) is 5.41 Å². The van der Waals surface area contributed by atoms with Crippen LogP contribution in [0.5, 0.6) is 5.88 Å². The van der Waals surface area contributed by atoms with Gasteiger partial charge in [0.1, 0.15) is 21.8 Å². The second-order valence-corrected chi connectivity index (χ2v) is 9.78. The third-order valence-electron chi connectivity index (χ3n) is 5.11. The van der Waals surface area contributed by atoms with Gasteiger partial charge in [-0.2, -0.15) is 0 Å². The van der Waals surface area contributed by atoms with Crippen molar-refractivity contribution >= 4 is 23.2 Å². The molecule has 7 nitrogen and oxygen atoms in total. The lowest BCUT2D eigenvalue weighted by Gasteiger charge is -2.38. The summed E-state index contributed by atoms with van der Waals surface area (Å²) in [4.78, 5) is 17.3. The van der Waals surface area contributed by atoms with Crippen molar-refractivity contribution in [1.82, 2.24) is 9.88 Å². The van der Waals surface area contributed by atoms with Gasteiger partial charge in [0, 0.05) is 36.6 Å². The minimum absolute atomic E-state index is 0.311. The smallest absolute Gasteiger partial charge is 0.407 e. The zero-order chi connectivity index (χ0) is 19.1.